The van der Waals surface area contributed by atoms with E-state index in [2.05, 4.69) is 20.9 Å². The summed E-state index contributed by atoms with van der Waals surface area (Å²) in [4.78, 5) is 29.5. The van der Waals surface area contributed by atoms with Crippen molar-refractivity contribution >= 4 is 40.1 Å². The zero-order chi connectivity index (χ0) is 32.3. The number of benzene rings is 2. The van der Waals surface area contributed by atoms with Crippen LogP contribution in [-0.4, -0.2) is 72.5 Å². The fourth-order valence-electron chi connectivity index (χ4n) is 6.04. The molecule has 2 amide bonds. The molecule has 5 rings (SSSR count). The SMILES string of the molecule is O=C(O)N[C@H](C(=O)Nc1cccc(F)c1CCC1CNC2CCCS(O)(O)N1C2)[C@H](c1cncc(F)c1)c1ccc(Cl)c(F)c1. The van der Waals surface area contributed by atoms with E-state index in [-0.39, 0.29) is 51.7 Å². The molecule has 5 atom stereocenters. The Kier molecular flexibility index (Phi) is 10.2. The normalized spacial score (nSPS) is 22.8. The van der Waals surface area contributed by atoms with Gasteiger partial charge in [0.1, 0.15) is 23.5 Å². The van der Waals surface area contributed by atoms with Gasteiger partial charge < -0.3 is 21.1 Å². The van der Waals surface area contributed by atoms with Crippen LogP contribution in [0.1, 0.15) is 41.9 Å². The minimum Gasteiger partial charge on any atom is -0.465 e. The molecule has 2 saturated heterocycles. The van der Waals surface area contributed by atoms with Gasteiger partial charge in [0.05, 0.1) is 17.0 Å². The highest BCUT2D eigenvalue weighted by Crippen LogP contribution is 2.49. The minimum absolute atomic E-state index is 0.0692. The van der Waals surface area contributed by atoms with E-state index in [0.29, 0.717) is 25.9 Å². The molecule has 2 aromatic carbocycles. The molecule has 2 bridgehead atoms. The van der Waals surface area contributed by atoms with E-state index >= 15 is 4.39 Å². The maximum absolute atomic E-state index is 15.3. The summed E-state index contributed by atoms with van der Waals surface area (Å²) < 4.78 is 67.3. The molecule has 6 N–H and O–H groups in total. The zero-order valence-corrected chi connectivity index (χ0v) is 25.5. The Morgan fingerprint density at radius 3 is 2.64 bits per heavy atom. The van der Waals surface area contributed by atoms with Crippen LogP contribution in [0.2, 0.25) is 5.02 Å². The second-order valence-electron chi connectivity index (χ2n) is 11.1. The number of halogens is 4. The van der Waals surface area contributed by atoms with Crippen molar-refractivity contribution in [3.05, 3.63) is 94.0 Å². The molecule has 3 aromatic rings. The molecule has 0 radical (unpaired) electrons. The molecule has 2 aliphatic heterocycles. The van der Waals surface area contributed by atoms with Gasteiger partial charge in [-0.3, -0.25) is 18.9 Å². The number of hydrogen-bond acceptors (Lipinski definition) is 7. The number of aromatic nitrogens is 1. The summed E-state index contributed by atoms with van der Waals surface area (Å²) in [7, 11) is -2.98. The predicted octanol–water partition coefficient (Wildman–Crippen LogP) is 5.59. The first-order chi connectivity index (χ1) is 21.4. The molecule has 0 spiro atoms. The first-order valence-electron chi connectivity index (χ1n) is 14.3. The number of rotatable bonds is 9. The molecule has 3 unspecified atom stereocenters. The van der Waals surface area contributed by atoms with Crippen molar-refractivity contribution in [2.45, 2.75) is 49.7 Å². The smallest absolute Gasteiger partial charge is 0.405 e. The third-order valence-electron chi connectivity index (χ3n) is 8.18. The Morgan fingerprint density at radius 1 is 1.11 bits per heavy atom. The number of piperazine rings is 1. The number of amides is 2. The Balaban J connectivity index is 1.44. The van der Waals surface area contributed by atoms with E-state index in [1.54, 1.807) is 4.31 Å². The lowest BCUT2D eigenvalue weighted by Crippen LogP contribution is -2.55. The Hall–Kier alpha value is -3.40. The number of carbonyl (C=O) groups is 2. The molecule has 0 saturated carbocycles. The molecular formula is C30H33ClF3N5O5S. The van der Waals surface area contributed by atoms with Crippen molar-refractivity contribution in [2.24, 2.45) is 0 Å². The Bertz CT molecular complexity index is 1570. The van der Waals surface area contributed by atoms with E-state index < -0.39 is 52.2 Å². The van der Waals surface area contributed by atoms with Gasteiger partial charge in [-0.25, -0.2) is 22.3 Å². The largest absolute Gasteiger partial charge is 0.465 e. The van der Waals surface area contributed by atoms with E-state index in [0.717, 1.165) is 24.8 Å². The number of anilines is 1. The summed E-state index contributed by atoms with van der Waals surface area (Å²) >= 11 is 5.86. The van der Waals surface area contributed by atoms with Crippen LogP contribution >= 0.6 is 22.4 Å². The molecule has 3 heterocycles. The van der Waals surface area contributed by atoms with Crippen LogP contribution in [0.5, 0.6) is 0 Å². The van der Waals surface area contributed by atoms with Crippen molar-refractivity contribution in [3.8, 4) is 0 Å². The highest BCUT2D eigenvalue weighted by Gasteiger charge is 2.38. The Morgan fingerprint density at radius 2 is 1.91 bits per heavy atom. The highest BCUT2D eigenvalue weighted by atomic mass is 35.5. The van der Waals surface area contributed by atoms with Crippen LogP contribution in [0.3, 0.4) is 0 Å². The van der Waals surface area contributed by atoms with Gasteiger partial charge in [0.15, 0.2) is 0 Å². The number of nitrogens with zero attached hydrogens (tertiary/aromatic N) is 2. The Labute approximate surface area is 264 Å². The van der Waals surface area contributed by atoms with E-state index in [1.807, 2.05) is 0 Å². The topological polar surface area (TPSA) is 147 Å². The zero-order valence-electron chi connectivity index (χ0n) is 23.9. The molecular weight excluding hydrogens is 635 g/mol. The van der Waals surface area contributed by atoms with Crippen molar-refractivity contribution < 1.29 is 37.0 Å². The minimum atomic E-state index is -2.98. The van der Waals surface area contributed by atoms with Crippen LogP contribution < -0.4 is 16.0 Å². The lowest BCUT2D eigenvalue weighted by molar-refractivity contribution is -0.118. The standard InChI is InChI=1S/C30H33ClF3N5O5S/c31-23-9-6-17(12-25(23)34)27(18-11-19(32)14-35-13-18)28(38-30(41)42)29(40)37-26-5-1-4-24(33)22(26)8-7-21-15-36-20-3-2-10-45(43,44)39(21)16-20/h1,4-6,9,11-14,20-21,27-28,36,38,43-44H,2-3,7-8,10,15-16H2,(H,37,40)(H,41,42)/t20?,21?,27-,28-/m0/s1. The van der Waals surface area contributed by atoms with Crippen LogP contribution in [-0.2, 0) is 11.2 Å². The first-order valence-corrected chi connectivity index (χ1v) is 16.4. The van der Waals surface area contributed by atoms with Crippen molar-refractivity contribution in [3.63, 3.8) is 0 Å². The highest BCUT2D eigenvalue weighted by molar-refractivity contribution is 8.22. The lowest BCUT2D eigenvalue weighted by Gasteiger charge is -2.49. The molecule has 10 nitrogen and oxygen atoms in total. The van der Waals surface area contributed by atoms with Gasteiger partial charge in [-0.15, -0.1) is 10.8 Å². The van der Waals surface area contributed by atoms with Gasteiger partial charge in [0.25, 0.3) is 0 Å². The van der Waals surface area contributed by atoms with Crippen LogP contribution in [0.15, 0.2) is 54.9 Å². The third-order valence-corrected chi connectivity index (χ3v) is 10.5. The summed E-state index contributed by atoms with van der Waals surface area (Å²) in [5.41, 5.74) is 0.386. The van der Waals surface area contributed by atoms with Gasteiger partial charge in [-0.05, 0) is 67.1 Å². The molecule has 242 valence electrons. The molecule has 2 aliphatic rings. The second-order valence-corrected chi connectivity index (χ2v) is 13.7. The second kappa shape index (κ2) is 13.9. The fraction of sp³-hybridized carbons (Fsp3) is 0.367. The van der Waals surface area contributed by atoms with Gasteiger partial charge in [-0.1, -0.05) is 23.7 Å². The fourth-order valence-corrected chi connectivity index (χ4v) is 8.02. The van der Waals surface area contributed by atoms with Crippen molar-refractivity contribution in [2.75, 3.05) is 24.2 Å². The number of fused-ring (bicyclic) bond motifs is 2. The summed E-state index contributed by atoms with van der Waals surface area (Å²) in [6, 6.07) is 6.94. The molecule has 0 aliphatic carbocycles. The summed E-state index contributed by atoms with van der Waals surface area (Å²) in [6.45, 7) is 0.931. The van der Waals surface area contributed by atoms with Gasteiger partial charge in [0, 0.05) is 48.5 Å². The van der Waals surface area contributed by atoms with Gasteiger partial charge >= 0.3 is 6.09 Å². The van der Waals surface area contributed by atoms with E-state index in [4.69, 9.17) is 11.6 Å². The van der Waals surface area contributed by atoms with Crippen LogP contribution in [0, 0.1) is 17.5 Å². The first kappa shape index (κ1) is 33.0. The number of pyridine rings is 1. The summed E-state index contributed by atoms with van der Waals surface area (Å²) in [6.07, 6.45) is 2.51. The monoisotopic (exact) mass is 667 g/mol. The van der Waals surface area contributed by atoms with Crippen LogP contribution in [0.25, 0.3) is 0 Å². The maximum Gasteiger partial charge on any atom is 0.405 e. The average Bonchev–Trinajstić information content (AvgIpc) is 3.10. The maximum atomic E-state index is 15.3. The molecule has 1 aromatic heterocycles. The van der Waals surface area contributed by atoms with E-state index in [1.165, 1.54) is 36.5 Å². The van der Waals surface area contributed by atoms with E-state index in [9.17, 15) is 32.6 Å². The van der Waals surface area contributed by atoms with Crippen LogP contribution in [0.4, 0.5) is 23.7 Å². The lowest BCUT2D eigenvalue weighted by atomic mass is 9.85. The summed E-state index contributed by atoms with van der Waals surface area (Å²) in [5.74, 6) is -4.14. The third kappa shape index (κ3) is 7.71. The van der Waals surface area contributed by atoms with Gasteiger partial charge in [0.2, 0.25) is 5.91 Å². The number of hydrogen-bond donors (Lipinski definition) is 6. The van der Waals surface area contributed by atoms with Crippen molar-refractivity contribution in [1.82, 2.24) is 19.9 Å². The quantitative estimate of drug-likeness (QED) is 0.173. The molecule has 45 heavy (non-hydrogen) atoms. The number of carboxylic acid groups (broad SMARTS) is 1. The van der Waals surface area contributed by atoms with Crippen molar-refractivity contribution in [1.29, 1.82) is 0 Å². The predicted molar refractivity (Wildman–Crippen MR) is 165 cm³/mol. The average molecular weight is 668 g/mol. The summed E-state index contributed by atoms with van der Waals surface area (Å²) in [5, 5.41) is 17.6. The number of carbonyl (C=O) groups excluding carboxylic acids is 1. The molecule has 2 fully saturated rings. The van der Waals surface area contributed by atoms with Gasteiger partial charge in [-0.2, -0.15) is 0 Å². The number of nitrogens with one attached hydrogen (secondary N) is 3. The molecule has 15 heteroatoms.